The Morgan fingerprint density at radius 3 is 2.56 bits per heavy atom. The summed E-state index contributed by atoms with van der Waals surface area (Å²) in [5, 5.41) is 12.7. The molecule has 8 heteroatoms. The molecule has 1 atom stereocenters. The highest BCUT2D eigenvalue weighted by atomic mass is 35.5. The molecule has 1 aliphatic rings. The molecule has 0 saturated carbocycles. The van der Waals surface area contributed by atoms with E-state index in [0.717, 1.165) is 5.56 Å². The van der Waals surface area contributed by atoms with Crippen molar-refractivity contribution in [3.63, 3.8) is 0 Å². The molecule has 1 aromatic carbocycles. The van der Waals surface area contributed by atoms with Crippen LogP contribution in [0.2, 0.25) is 5.02 Å². The van der Waals surface area contributed by atoms with Crippen molar-refractivity contribution in [2.24, 2.45) is 15.3 Å². The van der Waals surface area contributed by atoms with Crippen LogP contribution < -0.4 is 0 Å². The first-order valence-electron chi connectivity index (χ1n) is 7.54. The standard InChI is InChI=1S/C17H14ClN5O2/c1-11(24)20-21-17(25)23-10-14(12-5-3-2-4-6-12)16(22-23)15-8-7-13(18)9-19-15/h2-9,14H,10H2,1H3. The molecule has 2 heterocycles. The lowest BCUT2D eigenvalue weighted by Gasteiger charge is -2.13. The molecule has 0 saturated heterocycles. The average Bonchev–Trinajstić information content (AvgIpc) is 3.06. The predicted molar refractivity (Wildman–Crippen MR) is 92.6 cm³/mol. The lowest BCUT2D eigenvalue weighted by atomic mass is 9.93. The van der Waals surface area contributed by atoms with E-state index >= 15 is 0 Å². The molecular weight excluding hydrogens is 342 g/mol. The molecule has 3 amide bonds. The van der Waals surface area contributed by atoms with Crippen LogP contribution in [0.3, 0.4) is 0 Å². The molecule has 3 rings (SSSR count). The van der Waals surface area contributed by atoms with Crippen LogP contribution >= 0.6 is 11.6 Å². The maximum atomic E-state index is 12.1. The zero-order chi connectivity index (χ0) is 17.8. The van der Waals surface area contributed by atoms with Crippen molar-refractivity contribution in [2.75, 3.05) is 6.54 Å². The van der Waals surface area contributed by atoms with Crippen LogP contribution in [0.15, 0.2) is 64.0 Å². The molecule has 0 N–H and O–H groups in total. The number of carbonyl (C=O) groups is 2. The van der Waals surface area contributed by atoms with Gasteiger partial charge in [0.2, 0.25) is 0 Å². The van der Waals surface area contributed by atoms with Gasteiger partial charge in [-0.25, -0.2) is 9.80 Å². The zero-order valence-electron chi connectivity index (χ0n) is 13.3. The number of benzene rings is 1. The first-order chi connectivity index (χ1) is 12.0. The third-order valence-electron chi connectivity index (χ3n) is 3.60. The fraction of sp³-hybridized carbons (Fsp3) is 0.176. The Labute approximate surface area is 149 Å². The molecule has 0 spiro atoms. The number of hydrogen-bond acceptors (Lipinski definition) is 4. The van der Waals surface area contributed by atoms with Gasteiger partial charge in [0.1, 0.15) is 0 Å². The Morgan fingerprint density at radius 1 is 1.16 bits per heavy atom. The molecular formula is C17H14ClN5O2. The van der Waals surface area contributed by atoms with E-state index in [9.17, 15) is 9.59 Å². The predicted octanol–water partition coefficient (Wildman–Crippen LogP) is 3.66. The van der Waals surface area contributed by atoms with E-state index in [1.165, 1.54) is 18.1 Å². The highest BCUT2D eigenvalue weighted by Gasteiger charge is 2.33. The topological polar surface area (TPSA) is 87.4 Å². The number of carbonyl (C=O) groups excluding carboxylic acids is 2. The molecule has 126 valence electrons. The van der Waals surface area contributed by atoms with Gasteiger partial charge in [0, 0.05) is 13.1 Å². The van der Waals surface area contributed by atoms with E-state index in [0.29, 0.717) is 23.0 Å². The maximum Gasteiger partial charge on any atom is 0.382 e. The summed E-state index contributed by atoms with van der Waals surface area (Å²) in [7, 11) is 0. The van der Waals surface area contributed by atoms with Gasteiger partial charge in [-0.05, 0) is 17.7 Å². The van der Waals surface area contributed by atoms with Crippen LogP contribution in [0.5, 0.6) is 0 Å². The van der Waals surface area contributed by atoms with Gasteiger partial charge in [-0.15, -0.1) is 5.11 Å². The maximum absolute atomic E-state index is 12.1. The van der Waals surface area contributed by atoms with Gasteiger partial charge in [-0.1, -0.05) is 47.0 Å². The second kappa shape index (κ2) is 7.31. The number of rotatable bonds is 2. The molecule has 1 aromatic heterocycles. The summed E-state index contributed by atoms with van der Waals surface area (Å²) in [6, 6.07) is 12.4. The molecule has 2 aromatic rings. The number of pyridine rings is 1. The van der Waals surface area contributed by atoms with E-state index < -0.39 is 11.9 Å². The number of hydrazone groups is 1. The van der Waals surface area contributed by atoms with Crippen molar-refractivity contribution < 1.29 is 9.59 Å². The largest absolute Gasteiger partial charge is 0.382 e. The molecule has 0 radical (unpaired) electrons. The third-order valence-corrected chi connectivity index (χ3v) is 3.83. The normalized spacial score (nSPS) is 17.0. The second-order valence-corrected chi connectivity index (χ2v) is 5.83. The zero-order valence-corrected chi connectivity index (χ0v) is 14.1. The Kier molecular flexibility index (Phi) is 4.95. The summed E-state index contributed by atoms with van der Waals surface area (Å²) in [5.74, 6) is -0.706. The SMILES string of the molecule is CC(=O)N=NC(=O)N1CC(c2ccccc2)C(c2ccc(Cl)cn2)=N1. The monoisotopic (exact) mass is 355 g/mol. The van der Waals surface area contributed by atoms with Crippen LogP contribution in [0.25, 0.3) is 0 Å². The minimum atomic E-state index is -0.694. The van der Waals surface area contributed by atoms with Crippen LogP contribution in [-0.2, 0) is 4.79 Å². The summed E-state index contributed by atoms with van der Waals surface area (Å²) in [6.45, 7) is 1.51. The van der Waals surface area contributed by atoms with Crippen molar-refractivity contribution >= 4 is 29.3 Å². The molecule has 1 aliphatic heterocycles. The quantitative estimate of drug-likeness (QED) is 0.770. The fourth-order valence-electron chi connectivity index (χ4n) is 2.49. The summed E-state index contributed by atoms with van der Waals surface area (Å²) < 4.78 is 0. The molecule has 0 aliphatic carbocycles. The van der Waals surface area contributed by atoms with Gasteiger partial charge in [-0.2, -0.15) is 5.10 Å². The van der Waals surface area contributed by atoms with E-state index in [-0.39, 0.29) is 5.92 Å². The molecule has 7 nitrogen and oxygen atoms in total. The van der Waals surface area contributed by atoms with Crippen molar-refractivity contribution in [1.82, 2.24) is 9.99 Å². The van der Waals surface area contributed by atoms with Crippen LogP contribution in [-0.4, -0.2) is 34.2 Å². The van der Waals surface area contributed by atoms with Gasteiger partial charge in [0.25, 0.3) is 5.91 Å². The number of aromatic nitrogens is 1. The minimum Gasteiger partial charge on any atom is -0.271 e. The molecule has 1 unspecified atom stereocenters. The number of halogens is 1. The van der Waals surface area contributed by atoms with E-state index in [1.54, 1.807) is 12.1 Å². The highest BCUT2D eigenvalue weighted by Crippen LogP contribution is 2.28. The van der Waals surface area contributed by atoms with Gasteiger partial charge < -0.3 is 0 Å². The van der Waals surface area contributed by atoms with Crippen molar-refractivity contribution in [3.05, 3.63) is 64.9 Å². The van der Waals surface area contributed by atoms with Gasteiger partial charge in [0.15, 0.2) is 0 Å². The Morgan fingerprint density at radius 2 is 1.92 bits per heavy atom. The van der Waals surface area contributed by atoms with E-state index in [4.69, 9.17) is 11.6 Å². The molecule has 0 bridgehead atoms. The van der Waals surface area contributed by atoms with Crippen LogP contribution in [0.1, 0.15) is 24.1 Å². The van der Waals surface area contributed by atoms with Crippen LogP contribution in [0, 0.1) is 0 Å². The number of azo groups is 1. The van der Waals surface area contributed by atoms with Gasteiger partial charge in [-0.3, -0.25) is 9.78 Å². The summed E-state index contributed by atoms with van der Waals surface area (Å²) in [6.07, 6.45) is 1.53. The minimum absolute atomic E-state index is 0.161. The fourth-order valence-corrected chi connectivity index (χ4v) is 2.60. The molecule has 0 fully saturated rings. The summed E-state index contributed by atoms with van der Waals surface area (Å²) in [4.78, 5) is 27.3. The van der Waals surface area contributed by atoms with Crippen molar-refractivity contribution in [3.8, 4) is 0 Å². The number of hydrogen-bond donors (Lipinski definition) is 0. The van der Waals surface area contributed by atoms with Crippen LogP contribution in [0.4, 0.5) is 4.79 Å². The Bertz CT molecular complexity index is 849. The summed E-state index contributed by atoms with van der Waals surface area (Å²) >= 11 is 5.90. The number of urea groups is 1. The second-order valence-electron chi connectivity index (χ2n) is 5.39. The Hall–Kier alpha value is -2.93. The van der Waals surface area contributed by atoms with Gasteiger partial charge >= 0.3 is 6.03 Å². The van der Waals surface area contributed by atoms with Crippen molar-refractivity contribution in [2.45, 2.75) is 12.8 Å². The Balaban J connectivity index is 1.95. The van der Waals surface area contributed by atoms with Crippen molar-refractivity contribution in [1.29, 1.82) is 0 Å². The first kappa shape index (κ1) is 16.9. The first-order valence-corrected chi connectivity index (χ1v) is 7.91. The van der Waals surface area contributed by atoms with Gasteiger partial charge in [0.05, 0.1) is 28.9 Å². The number of nitrogens with zero attached hydrogens (tertiary/aromatic N) is 5. The third kappa shape index (κ3) is 3.95. The highest BCUT2D eigenvalue weighted by molar-refractivity contribution is 6.30. The van der Waals surface area contributed by atoms with E-state index in [2.05, 4.69) is 20.3 Å². The summed E-state index contributed by atoms with van der Waals surface area (Å²) in [5.41, 5.74) is 2.25. The lowest BCUT2D eigenvalue weighted by molar-refractivity contribution is -0.116. The lowest BCUT2D eigenvalue weighted by Crippen LogP contribution is -2.23. The number of amides is 3. The molecule has 25 heavy (non-hydrogen) atoms. The van der Waals surface area contributed by atoms with E-state index in [1.807, 2.05) is 30.3 Å². The smallest absolute Gasteiger partial charge is 0.271 e. The average molecular weight is 356 g/mol.